The molecule has 0 bridgehead atoms. The molecule has 2 saturated heterocycles. The molecular weight excluding hydrogens is 328 g/mol. The van der Waals surface area contributed by atoms with Crippen molar-refractivity contribution in [2.24, 2.45) is 11.7 Å². The number of nitrogens with two attached hydrogens (primary N) is 1. The van der Waals surface area contributed by atoms with Crippen LogP contribution >= 0.6 is 0 Å². The van der Waals surface area contributed by atoms with Crippen LogP contribution in [0, 0.1) is 16.0 Å². The SMILES string of the molecule is NC(=O)C1CCN(C2CC(=O)N(c3cccc([N+](=O)[O-])c3)C2=O)CC1. The van der Waals surface area contributed by atoms with Gasteiger partial charge >= 0.3 is 0 Å². The summed E-state index contributed by atoms with van der Waals surface area (Å²) in [5.41, 5.74) is 5.34. The van der Waals surface area contributed by atoms with Crippen molar-refractivity contribution in [2.75, 3.05) is 18.0 Å². The van der Waals surface area contributed by atoms with E-state index in [2.05, 4.69) is 0 Å². The quantitative estimate of drug-likeness (QED) is 0.478. The van der Waals surface area contributed by atoms with Gasteiger partial charge in [-0.2, -0.15) is 0 Å². The fourth-order valence-electron chi connectivity index (χ4n) is 3.41. The largest absolute Gasteiger partial charge is 0.369 e. The maximum Gasteiger partial charge on any atom is 0.271 e. The lowest BCUT2D eigenvalue weighted by Crippen LogP contribution is -2.47. The van der Waals surface area contributed by atoms with Crippen LogP contribution in [-0.4, -0.2) is 46.7 Å². The Morgan fingerprint density at radius 2 is 1.92 bits per heavy atom. The lowest BCUT2D eigenvalue weighted by atomic mass is 9.95. The number of hydrogen-bond acceptors (Lipinski definition) is 6. The van der Waals surface area contributed by atoms with E-state index in [0.717, 1.165) is 4.90 Å². The van der Waals surface area contributed by atoms with Crippen LogP contribution in [0.5, 0.6) is 0 Å². The molecule has 3 rings (SSSR count). The van der Waals surface area contributed by atoms with E-state index >= 15 is 0 Å². The minimum absolute atomic E-state index is 0.0305. The van der Waals surface area contributed by atoms with Crippen molar-refractivity contribution < 1.29 is 19.3 Å². The van der Waals surface area contributed by atoms with Crippen LogP contribution in [-0.2, 0) is 14.4 Å². The van der Waals surface area contributed by atoms with Gasteiger partial charge in [0.1, 0.15) is 0 Å². The molecule has 0 saturated carbocycles. The number of anilines is 1. The molecule has 1 unspecified atom stereocenters. The highest BCUT2D eigenvalue weighted by atomic mass is 16.6. The second-order valence-electron chi connectivity index (χ2n) is 6.28. The first-order chi connectivity index (χ1) is 11.9. The Balaban J connectivity index is 1.76. The lowest BCUT2D eigenvalue weighted by Gasteiger charge is -2.33. The molecule has 2 N–H and O–H groups in total. The van der Waals surface area contributed by atoms with Crippen molar-refractivity contribution in [3.63, 3.8) is 0 Å². The van der Waals surface area contributed by atoms with Crippen LogP contribution in [0.15, 0.2) is 24.3 Å². The number of nitro benzene ring substituents is 1. The normalized spacial score (nSPS) is 22.4. The van der Waals surface area contributed by atoms with E-state index in [1.807, 2.05) is 4.90 Å². The van der Waals surface area contributed by atoms with Gasteiger partial charge < -0.3 is 5.73 Å². The summed E-state index contributed by atoms with van der Waals surface area (Å²) in [4.78, 5) is 49.5. The van der Waals surface area contributed by atoms with Gasteiger partial charge in [0.05, 0.1) is 23.1 Å². The van der Waals surface area contributed by atoms with Gasteiger partial charge in [0, 0.05) is 18.1 Å². The summed E-state index contributed by atoms with van der Waals surface area (Å²) in [6.07, 6.45) is 1.15. The van der Waals surface area contributed by atoms with Crippen molar-refractivity contribution in [1.29, 1.82) is 0 Å². The standard InChI is InChI=1S/C16H18N4O5/c17-15(22)10-4-6-18(7-5-10)13-9-14(21)19(16(13)23)11-2-1-3-12(8-11)20(24)25/h1-3,8,10,13H,4-7,9H2,(H2,17,22). The number of nitro groups is 1. The first kappa shape index (κ1) is 17.0. The van der Waals surface area contributed by atoms with Crippen LogP contribution in [0.3, 0.4) is 0 Å². The van der Waals surface area contributed by atoms with Gasteiger partial charge in [-0.1, -0.05) is 6.07 Å². The summed E-state index contributed by atoms with van der Waals surface area (Å²) in [6.45, 7) is 1.03. The van der Waals surface area contributed by atoms with Crippen LogP contribution in [0.1, 0.15) is 19.3 Å². The Kier molecular flexibility index (Phi) is 4.49. The number of likely N-dealkylation sites (tertiary alicyclic amines) is 1. The van der Waals surface area contributed by atoms with E-state index in [0.29, 0.717) is 25.9 Å². The molecule has 1 aromatic rings. The Morgan fingerprint density at radius 3 is 2.52 bits per heavy atom. The molecular formula is C16H18N4O5. The van der Waals surface area contributed by atoms with Crippen molar-refractivity contribution in [3.05, 3.63) is 34.4 Å². The van der Waals surface area contributed by atoms with E-state index in [-0.39, 0.29) is 41.4 Å². The zero-order valence-electron chi connectivity index (χ0n) is 13.5. The number of hydrogen-bond donors (Lipinski definition) is 1. The first-order valence-corrected chi connectivity index (χ1v) is 8.03. The van der Waals surface area contributed by atoms with Crippen LogP contribution in [0.4, 0.5) is 11.4 Å². The lowest BCUT2D eigenvalue weighted by molar-refractivity contribution is -0.384. The Hall–Kier alpha value is -2.81. The number of benzene rings is 1. The highest BCUT2D eigenvalue weighted by Gasteiger charge is 2.44. The minimum Gasteiger partial charge on any atom is -0.369 e. The van der Waals surface area contributed by atoms with Gasteiger partial charge in [0.15, 0.2) is 0 Å². The summed E-state index contributed by atoms with van der Waals surface area (Å²) in [7, 11) is 0. The molecule has 2 aliphatic rings. The second kappa shape index (κ2) is 6.60. The van der Waals surface area contributed by atoms with E-state index in [4.69, 9.17) is 5.73 Å². The van der Waals surface area contributed by atoms with Crippen molar-refractivity contribution in [1.82, 2.24) is 4.90 Å². The smallest absolute Gasteiger partial charge is 0.271 e. The van der Waals surface area contributed by atoms with E-state index < -0.39 is 11.0 Å². The number of primary amides is 1. The number of piperidine rings is 1. The number of amides is 3. The third-order valence-electron chi connectivity index (χ3n) is 4.79. The van der Waals surface area contributed by atoms with Gasteiger partial charge in [-0.15, -0.1) is 0 Å². The van der Waals surface area contributed by atoms with E-state index in [1.165, 1.54) is 24.3 Å². The molecule has 132 valence electrons. The predicted octanol–water partition coefficient (Wildman–Crippen LogP) is 0.424. The summed E-state index contributed by atoms with van der Waals surface area (Å²) in [5, 5.41) is 10.9. The Labute approximate surface area is 143 Å². The molecule has 1 aromatic carbocycles. The fraction of sp³-hybridized carbons (Fsp3) is 0.438. The molecule has 3 amide bonds. The highest BCUT2D eigenvalue weighted by Crippen LogP contribution is 2.30. The summed E-state index contributed by atoms with van der Waals surface area (Å²) in [6, 6.07) is 4.88. The topological polar surface area (TPSA) is 127 Å². The molecule has 0 aliphatic carbocycles. The van der Waals surface area contributed by atoms with Crippen LogP contribution in [0.2, 0.25) is 0 Å². The average Bonchev–Trinajstić information content (AvgIpc) is 2.89. The minimum atomic E-state index is -0.597. The second-order valence-corrected chi connectivity index (χ2v) is 6.28. The fourth-order valence-corrected chi connectivity index (χ4v) is 3.41. The van der Waals surface area contributed by atoms with Crippen molar-refractivity contribution in [3.8, 4) is 0 Å². The molecule has 2 fully saturated rings. The Morgan fingerprint density at radius 1 is 1.24 bits per heavy atom. The summed E-state index contributed by atoms with van der Waals surface area (Å²) < 4.78 is 0. The molecule has 1 atom stereocenters. The van der Waals surface area contributed by atoms with Gasteiger partial charge in [0.25, 0.3) is 11.6 Å². The van der Waals surface area contributed by atoms with Gasteiger partial charge in [-0.25, -0.2) is 4.90 Å². The molecule has 0 radical (unpaired) electrons. The maximum absolute atomic E-state index is 12.7. The van der Waals surface area contributed by atoms with Crippen LogP contribution < -0.4 is 10.6 Å². The van der Waals surface area contributed by atoms with Crippen molar-refractivity contribution >= 4 is 29.1 Å². The molecule has 9 nitrogen and oxygen atoms in total. The highest BCUT2D eigenvalue weighted by molar-refractivity contribution is 6.22. The third kappa shape index (κ3) is 3.22. The molecule has 0 spiro atoms. The molecule has 2 heterocycles. The number of carbonyl (C=O) groups is 3. The van der Waals surface area contributed by atoms with Crippen molar-refractivity contribution in [2.45, 2.75) is 25.3 Å². The van der Waals surface area contributed by atoms with Crippen LogP contribution in [0.25, 0.3) is 0 Å². The molecule has 2 aliphatic heterocycles. The predicted molar refractivity (Wildman–Crippen MR) is 87.5 cm³/mol. The first-order valence-electron chi connectivity index (χ1n) is 8.03. The van der Waals surface area contributed by atoms with Gasteiger partial charge in [0.2, 0.25) is 11.8 Å². The number of rotatable bonds is 4. The zero-order chi connectivity index (χ0) is 18.1. The summed E-state index contributed by atoms with van der Waals surface area (Å²) in [5.74, 6) is -1.31. The maximum atomic E-state index is 12.7. The van der Waals surface area contributed by atoms with Gasteiger partial charge in [-0.3, -0.25) is 29.4 Å². The number of imide groups is 1. The van der Waals surface area contributed by atoms with E-state index in [1.54, 1.807) is 0 Å². The van der Waals surface area contributed by atoms with E-state index in [9.17, 15) is 24.5 Å². The monoisotopic (exact) mass is 346 g/mol. The number of nitrogens with zero attached hydrogens (tertiary/aromatic N) is 3. The molecule has 9 heteroatoms. The number of non-ortho nitro benzene ring substituents is 1. The average molecular weight is 346 g/mol. The van der Waals surface area contributed by atoms with Gasteiger partial charge in [-0.05, 0) is 32.0 Å². The number of carbonyl (C=O) groups excluding carboxylic acids is 3. The molecule has 25 heavy (non-hydrogen) atoms. The zero-order valence-corrected chi connectivity index (χ0v) is 13.5. The molecule has 0 aromatic heterocycles. The third-order valence-corrected chi connectivity index (χ3v) is 4.79. The summed E-state index contributed by atoms with van der Waals surface area (Å²) >= 11 is 0. The Bertz CT molecular complexity index is 742.